The van der Waals surface area contributed by atoms with Crippen LogP contribution in [0.4, 0.5) is 0 Å². The summed E-state index contributed by atoms with van der Waals surface area (Å²) in [5, 5.41) is 8.38. The van der Waals surface area contributed by atoms with Crippen molar-refractivity contribution in [3.05, 3.63) is 10.1 Å². The largest absolute Gasteiger partial charge is 0.267 e. The van der Waals surface area contributed by atoms with Gasteiger partial charge >= 0.3 is 0 Å². The Morgan fingerprint density at radius 2 is 1.75 bits per heavy atom. The van der Waals surface area contributed by atoms with Crippen LogP contribution in [0.5, 0.6) is 0 Å². The normalized spacial score (nSPS) is 3.00. The summed E-state index contributed by atoms with van der Waals surface area (Å²) in [5.74, 6) is 0. The average Bonchev–Trinajstić information content (AvgIpc) is 0.918. The molecule has 0 aromatic carbocycles. The van der Waals surface area contributed by atoms with E-state index in [9.17, 15) is 0 Å². The molecule has 0 aromatic rings. The van der Waals surface area contributed by atoms with E-state index in [1.54, 1.807) is 0 Å². The predicted octanol–water partition coefficient (Wildman–Crippen LogP) is -1.67. The second-order valence-electron chi connectivity index (χ2n) is 0.0833. The summed E-state index contributed by atoms with van der Waals surface area (Å²) < 4.78 is 0. The van der Waals surface area contributed by atoms with Crippen molar-refractivity contribution in [2.45, 2.75) is 0 Å². The Bertz CT molecular complexity index is 13.5. The van der Waals surface area contributed by atoms with Gasteiger partial charge < -0.3 is 0 Å². The first-order chi connectivity index (χ1) is 1.41. The molecule has 1 N–H and O–H groups in total. The van der Waals surface area contributed by atoms with Crippen molar-refractivity contribution in [1.29, 1.82) is 0 Å². The molecule has 0 atom stereocenters. The minimum atomic E-state index is 0. The standard InChI is InChI=1S/Ho.HNO2/c;2-1-3/h;1H. The molecule has 1 radical (unpaired) electrons. The van der Waals surface area contributed by atoms with Crippen LogP contribution in [0.3, 0.4) is 0 Å². The molecule has 0 fully saturated rings. The van der Waals surface area contributed by atoms with Crippen molar-refractivity contribution in [2.75, 3.05) is 0 Å². The summed E-state index contributed by atoms with van der Waals surface area (Å²) in [5.41, 5.74) is 0. The zero-order valence-electron chi connectivity index (χ0n) is 1.62. The molecule has 0 amide bonds. The van der Waals surface area contributed by atoms with Crippen LogP contribution in [0.15, 0.2) is 0 Å². The van der Waals surface area contributed by atoms with E-state index in [1.165, 1.54) is 0 Å². The van der Waals surface area contributed by atoms with Gasteiger partial charge in [-0.05, 0) is 0 Å². The zero-order valence-corrected chi connectivity index (χ0v) is 3.55. The summed E-state index contributed by atoms with van der Waals surface area (Å²) in [6.07, 6.45) is 0. The average molecular weight is 212 g/mol. The summed E-state index contributed by atoms with van der Waals surface area (Å²) in [6, 6.07) is 0. The van der Waals surface area contributed by atoms with Crippen LogP contribution in [0, 0.1) is 47.9 Å². The molecule has 0 saturated carbocycles. The van der Waals surface area contributed by atoms with Gasteiger partial charge in [-0.1, -0.05) is 0 Å². The van der Waals surface area contributed by atoms with Gasteiger partial charge in [0.15, 0.2) is 0 Å². The Morgan fingerprint density at radius 1 is 1.75 bits per heavy atom. The summed E-state index contributed by atoms with van der Waals surface area (Å²) >= 11 is 0. The summed E-state index contributed by atoms with van der Waals surface area (Å²) in [4.78, 5) is 8.12. The molecule has 0 unspecified atom stereocenters. The van der Waals surface area contributed by atoms with Crippen LogP contribution in [0.1, 0.15) is 0 Å². The van der Waals surface area contributed by atoms with E-state index in [-0.39, 0.29) is 43.1 Å². The molecule has 4 heavy (non-hydrogen) atoms. The molecule has 0 aliphatic rings. The third-order valence-electron chi connectivity index (χ3n) is 0. The van der Waals surface area contributed by atoms with E-state index in [4.69, 9.17) is 10.1 Å². The SMILES string of the molecule is O=[NH+][O-].[Ho]. The van der Waals surface area contributed by atoms with Gasteiger partial charge in [-0.15, -0.1) is 0 Å². The van der Waals surface area contributed by atoms with E-state index in [2.05, 4.69) is 0 Å². The van der Waals surface area contributed by atoms with E-state index in [1.807, 2.05) is 0 Å². The molecule has 0 aliphatic carbocycles. The number of hydrogen-bond donors (Lipinski definition) is 1. The van der Waals surface area contributed by atoms with Crippen molar-refractivity contribution in [1.82, 2.24) is 0 Å². The van der Waals surface area contributed by atoms with Crippen LogP contribution >= 0.6 is 0 Å². The molecule has 0 spiro atoms. The fraction of sp³-hybridized carbons (Fsp3) is 0. The monoisotopic (exact) mass is 212 g/mol. The Labute approximate surface area is 52.9 Å². The second kappa shape index (κ2) is 9.40. The molecule has 4 heteroatoms. The van der Waals surface area contributed by atoms with Crippen LogP contribution in [-0.2, 0) is 0 Å². The first kappa shape index (κ1) is 8.82. The summed E-state index contributed by atoms with van der Waals surface area (Å²) in [6.45, 7) is 0. The molecule has 0 aromatic heterocycles. The Morgan fingerprint density at radius 3 is 1.75 bits per heavy atom. The molecular formula is HHoNO2. The maximum absolute atomic E-state index is 8.12. The van der Waals surface area contributed by atoms with Gasteiger partial charge in [0.25, 0.3) is 0 Å². The molecule has 0 bridgehead atoms. The molecule has 3 nitrogen and oxygen atoms in total. The minimum absolute atomic E-state index is 0. The van der Waals surface area contributed by atoms with Crippen molar-refractivity contribution in [2.24, 2.45) is 0 Å². The maximum atomic E-state index is 8.12. The second-order valence-corrected chi connectivity index (χ2v) is 0.0833. The molecule has 29 valence electrons. The molecule has 0 saturated heterocycles. The van der Waals surface area contributed by atoms with E-state index in [0.29, 0.717) is 0 Å². The van der Waals surface area contributed by atoms with Gasteiger partial charge in [-0.3, -0.25) is 10.1 Å². The van der Waals surface area contributed by atoms with E-state index < -0.39 is 0 Å². The molecule has 0 rings (SSSR count). The zero-order chi connectivity index (χ0) is 2.71. The van der Waals surface area contributed by atoms with Gasteiger partial charge in [-0.2, -0.15) is 0 Å². The predicted molar refractivity (Wildman–Crippen MR) is 7.70 cm³/mol. The molecule has 0 aliphatic heterocycles. The Kier molecular flexibility index (Phi) is 20.7. The number of rotatable bonds is 0. The molecule has 0 heterocycles. The van der Waals surface area contributed by atoms with Gasteiger partial charge in [-0.25, -0.2) is 0 Å². The van der Waals surface area contributed by atoms with Crippen molar-refractivity contribution < 1.29 is 43.1 Å². The fourth-order valence-corrected chi connectivity index (χ4v) is 0. The summed E-state index contributed by atoms with van der Waals surface area (Å²) in [7, 11) is 0. The Hall–Kier alpha value is 0.660. The van der Waals surface area contributed by atoms with Crippen LogP contribution < -0.4 is 5.34 Å². The van der Waals surface area contributed by atoms with Gasteiger partial charge in [0.2, 0.25) is 0 Å². The number of nitrogens with one attached hydrogen (secondary N) is 1. The topological polar surface area (TPSA) is 54.1 Å². The van der Waals surface area contributed by atoms with Crippen LogP contribution in [0.25, 0.3) is 0 Å². The smallest absolute Gasteiger partial charge is 0.00366 e. The van der Waals surface area contributed by atoms with Crippen molar-refractivity contribution in [3.8, 4) is 0 Å². The maximum Gasteiger partial charge on any atom is 0.00366 e. The first-order valence-electron chi connectivity index (χ1n) is 0.408. The fourth-order valence-electron chi connectivity index (χ4n) is 0. The third kappa shape index (κ3) is 16.8. The Balaban J connectivity index is 0. The minimum Gasteiger partial charge on any atom is -0.267 e. The third-order valence-corrected chi connectivity index (χ3v) is 0. The van der Waals surface area contributed by atoms with Gasteiger partial charge in [0.05, 0.1) is 0 Å². The van der Waals surface area contributed by atoms with E-state index in [0.717, 1.165) is 0 Å². The quantitative estimate of drug-likeness (QED) is 0.296. The number of hydrogen-bond acceptors (Lipinski definition) is 2. The first-order valence-corrected chi connectivity index (χ1v) is 0.408. The van der Waals surface area contributed by atoms with E-state index >= 15 is 0 Å². The van der Waals surface area contributed by atoms with Crippen LogP contribution in [0.2, 0.25) is 0 Å². The van der Waals surface area contributed by atoms with Crippen LogP contribution in [-0.4, -0.2) is 0 Å². The van der Waals surface area contributed by atoms with Gasteiger partial charge in [0.1, 0.15) is 0 Å². The molecular weight excluding hydrogens is 211 g/mol. The van der Waals surface area contributed by atoms with Gasteiger partial charge in [0, 0.05) is 43.1 Å². The van der Waals surface area contributed by atoms with Crippen molar-refractivity contribution in [3.63, 3.8) is 0 Å². The van der Waals surface area contributed by atoms with Crippen molar-refractivity contribution >= 4 is 0 Å².